The van der Waals surface area contributed by atoms with E-state index in [2.05, 4.69) is 10.3 Å². The second-order valence-corrected chi connectivity index (χ2v) is 2.64. The summed E-state index contributed by atoms with van der Waals surface area (Å²) in [6, 6.07) is 3.61. The molecular weight excluding hydrogens is 156 g/mol. The summed E-state index contributed by atoms with van der Waals surface area (Å²) in [5.41, 5.74) is 1.53. The number of nitrogens with one attached hydrogen (secondary N) is 1. The number of rotatable bonds is 0. The summed E-state index contributed by atoms with van der Waals surface area (Å²) in [6.45, 7) is 1.93. The highest BCUT2D eigenvalue weighted by molar-refractivity contribution is 5.94. The predicted molar refractivity (Wildman–Crippen MR) is 43.1 cm³/mol. The van der Waals surface area contributed by atoms with Gasteiger partial charge in [-0.15, -0.1) is 0 Å². The van der Waals surface area contributed by atoms with E-state index in [9.17, 15) is 4.79 Å². The van der Waals surface area contributed by atoms with Gasteiger partial charge in [0.05, 0.1) is 0 Å². The molecule has 0 unspecified atom stereocenters. The molecule has 1 aromatic heterocycles. The third-order valence-electron chi connectivity index (χ3n) is 1.61. The molecule has 2 rings (SSSR count). The number of aryl methyl sites for hydroxylation is 1. The lowest BCUT2D eigenvalue weighted by Crippen LogP contribution is -2.26. The number of hydrogen-bond acceptors (Lipinski definition) is 3. The first-order chi connectivity index (χ1) is 5.75. The molecule has 1 aliphatic heterocycles. The van der Waals surface area contributed by atoms with Gasteiger partial charge in [0.25, 0.3) is 5.91 Å². The van der Waals surface area contributed by atoms with Gasteiger partial charge in [0.2, 0.25) is 5.88 Å². The van der Waals surface area contributed by atoms with Crippen LogP contribution in [0.1, 0.15) is 5.69 Å². The molecule has 12 heavy (non-hydrogen) atoms. The molecule has 1 N–H and O–H groups in total. The summed E-state index contributed by atoms with van der Waals surface area (Å²) in [7, 11) is 0. The number of anilines is 1. The average Bonchev–Trinajstić information content (AvgIpc) is 2.05. The molecule has 0 saturated carbocycles. The molecule has 0 saturated heterocycles. The van der Waals surface area contributed by atoms with Crippen LogP contribution in [-0.2, 0) is 4.79 Å². The van der Waals surface area contributed by atoms with Crippen molar-refractivity contribution in [2.45, 2.75) is 6.92 Å². The summed E-state index contributed by atoms with van der Waals surface area (Å²) in [6.07, 6.45) is 0. The van der Waals surface area contributed by atoms with Gasteiger partial charge in [0.1, 0.15) is 5.69 Å². The number of hydrogen-bond donors (Lipinski definition) is 1. The summed E-state index contributed by atoms with van der Waals surface area (Å²) in [5, 5.41) is 2.66. The Morgan fingerprint density at radius 1 is 1.58 bits per heavy atom. The van der Waals surface area contributed by atoms with E-state index >= 15 is 0 Å². The Hall–Kier alpha value is -1.58. The first kappa shape index (κ1) is 7.09. The summed E-state index contributed by atoms with van der Waals surface area (Å²) < 4.78 is 5.09. The fraction of sp³-hybridized carbons (Fsp3) is 0.250. The van der Waals surface area contributed by atoms with Gasteiger partial charge in [-0.2, -0.15) is 0 Å². The van der Waals surface area contributed by atoms with Crippen molar-refractivity contribution in [2.24, 2.45) is 0 Å². The van der Waals surface area contributed by atoms with Crippen molar-refractivity contribution < 1.29 is 9.53 Å². The van der Waals surface area contributed by atoms with Gasteiger partial charge in [-0.3, -0.25) is 4.79 Å². The largest absolute Gasteiger partial charge is 0.466 e. The van der Waals surface area contributed by atoms with Crippen molar-refractivity contribution >= 4 is 11.6 Å². The van der Waals surface area contributed by atoms with Crippen molar-refractivity contribution in [3.63, 3.8) is 0 Å². The number of carbonyl (C=O) groups is 1. The molecule has 2 heterocycles. The van der Waals surface area contributed by atoms with Gasteiger partial charge in [-0.05, 0) is 19.1 Å². The van der Waals surface area contributed by atoms with Crippen molar-refractivity contribution in [3.05, 3.63) is 17.8 Å². The minimum Gasteiger partial charge on any atom is -0.466 e. The third-order valence-corrected chi connectivity index (χ3v) is 1.61. The number of fused-ring (bicyclic) bond motifs is 1. The average molecular weight is 164 g/mol. The van der Waals surface area contributed by atoms with E-state index in [1.165, 1.54) is 0 Å². The maximum Gasteiger partial charge on any atom is 0.262 e. The molecule has 0 atom stereocenters. The van der Waals surface area contributed by atoms with Crippen molar-refractivity contribution in [1.29, 1.82) is 0 Å². The molecule has 0 spiro atoms. The Bertz CT molecular complexity index is 336. The highest BCUT2D eigenvalue weighted by atomic mass is 16.5. The molecule has 4 heteroatoms. The Morgan fingerprint density at radius 2 is 2.42 bits per heavy atom. The molecule has 0 aromatic carbocycles. The van der Waals surface area contributed by atoms with E-state index in [-0.39, 0.29) is 12.5 Å². The minimum absolute atomic E-state index is 0.0590. The number of carbonyl (C=O) groups excluding carboxylic acids is 1. The van der Waals surface area contributed by atoms with Crippen LogP contribution in [0.15, 0.2) is 12.1 Å². The van der Waals surface area contributed by atoms with Gasteiger partial charge in [0.15, 0.2) is 6.61 Å². The van der Waals surface area contributed by atoms with Gasteiger partial charge >= 0.3 is 0 Å². The molecule has 1 aliphatic rings. The van der Waals surface area contributed by atoms with Crippen LogP contribution in [-0.4, -0.2) is 17.5 Å². The van der Waals surface area contributed by atoms with Crippen LogP contribution >= 0.6 is 0 Å². The summed E-state index contributed by atoms with van der Waals surface area (Å²) in [4.78, 5) is 15.0. The third kappa shape index (κ3) is 1.11. The van der Waals surface area contributed by atoms with Crippen LogP contribution in [0.4, 0.5) is 5.69 Å². The topological polar surface area (TPSA) is 51.2 Å². The quantitative estimate of drug-likeness (QED) is 0.614. The fourth-order valence-electron chi connectivity index (χ4n) is 1.06. The van der Waals surface area contributed by atoms with Crippen LogP contribution in [0.3, 0.4) is 0 Å². The zero-order valence-electron chi connectivity index (χ0n) is 6.63. The Labute approximate surface area is 69.6 Å². The van der Waals surface area contributed by atoms with Crippen molar-refractivity contribution in [3.8, 4) is 5.88 Å². The van der Waals surface area contributed by atoms with Crippen LogP contribution in [0, 0.1) is 6.92 Å². The smallest absolute Gasteiger partial charge is 0.262 e. The number of ether oxygens (including phenoxy) is 1. The lowest BCUT2D eigenvalue weighted by atomic mass is 10.3. The standard InChI is InChI=1S/C8H8N2O2/c1-5-2-3-6-8(9-5)12-4-7(11)10-6/h2-3H,4H2,1H3,(H,10,11). The van der Waals surface area contributed by atoms with Crippen LogP contribution in [0.2, 0.25) is 0 Å². The van der Waals surface area contributed by atoms with Crippen LogP contribution in [0.25, 0.3) is 0 Å². The zero-order valence-corrected chi connectivity index (χ0v) is 6.63. The van der Waals surface area contributed by atoms with Gasteiger partial charge in [-0.25, -0.2) is 4.98 Å². The Morgan fingerprint density at radius 3 is 3.25 bits per heavy atom. The number of aromatic nitrogens is 1. The van der Waals surface area contributed by atoms with Crippen LogP contribution < -0.4 is 10.1 Å². The predicted octanol–water partition coefficient (Wildman–Crippen LogP) is 0.721. The lowest BCUT2D eigenvalue weighted by Gasteiger charge is -2.16. The van der Waals surface area contributed by atoms with Crippen molar-refractivity contribution in [2.75, 3.05) is 11.9 Å². The van der Waals surface area contributed by atoms with E-state index in [0.29, 0.717) is 11.6 Å². The monoisotopic (exact) mass is 164 g/mol. The van der Waals surface area contributed by atoms with Gasteiger partial charge in [-0.1, -0.05) is 0 Å². The molecular formula is C8H8N2O2. The fourth-order valence-corrected chi connectivity index (χ4v) is 1.06. The van der Waals surface area contributed by atoms with Gasteiger partial charge < -0.3 is 10.1 Å². The van der Waals surface area contributed by atoms with Gasteiger partial charge in [0, 0.05) is 5.69 Å². The molecule has 0 aliphatic carbocycles. The first-order valence-corrected chi connectivity index (χ1v) is 3.66. The molecule has 0 radical (unpaired) electrons. The first-order valence-electron chi connectivity index (χ1n) is 3.66. The van der Waals surface area contributed by atoms with E-state index in [4.69, 9.17) is 4.74 Å². The zero-order chi connectivity index (χ0) is 8.55. The molecule has 4 nitrogen and oxygen atoms in total. The van der Waals surface area contributed by atoms with E-state index in [0.717, 1.165) is 5.69 Å². The number of amides is 1. The second-order valence-electron chi connectivity index (χ2n) is 2.64. The van der Waals surface area contributed by atoms with Crippen molar-refractivity contribution in [1.82, 2.24) is 4.98 Å². The van der Waals surface area contributed by atoms with Crippen LogP contribution in [0.5, 0.6) is 5.88 Å². The molecule has 62 valence electrons. The van der Waals surface area contributed by atoms with E-state index in [1.54, 1.807) is 6.07 Å². The highest BCUT2D eigenvalue weighted by Gasteiger charge is 2.16. The molecule has 1 aromatic rings. The maximum atomic E-state index is 10.8. The SMILES string of the molecule is Cc1ccc2c(n1)OCC(=O)N2. The molecule has 0 bridgehead atoms. The highest BCUT2D eigenvalue weighted by Crippen LogP contribution is 2.24. The van der Waals surface area contributed by atoms with E-state index in [1.807, 2.05) is 13.0 Å². The molecule has 1 amide bonds. The Balaban J connectivity index is 2.43. The Kier molecular flexibility index (Phi) is 1.46. The normalized spacial score (nSPS) is 14.6. The minimum atomic E-state index is -0.131. The number of nitrogens with zero attached hydrogens (tertiary/aromatic N) is 1. The summed E-state index contributed by atoms with van der Waals surface area (Å²) >= 11 is 0. The lowest BCUT2D eigenvalue weighted by molar-refractivity contribution is -0.118. The second kappa shape index (κ2) is 2.48. The van der Waals surface area contributed by atoms with E-state index < -0.39 is 0 Å². The number of pyridine rings is 1. The summed E-state index contributed by atoms with van der Waals surface area (Å²) in [5.74, 6) is 0.378. The molecule has 0 fully saturated rings. The maximum absolute atomic E-state index is 10.8.